The normalized spacial score (nSPS) is 11.2. The Kier molecular flexibility index (Phi) is 8.50. The fraction of sp³-hybridized carbons (Fsp3) is 0.0833. The number of aromatic hydroxyl groups is 1. The fourth-order valence-corrected chi connectivity index (χ4v) is 3.71. The number of hydrogen-bond donors (Lipinski definition) is 3. The van der Waals surface area contributed by atoms with Gasteiger partial charge in [-0.2, -0.15) is 18.3 Å². The molecule has 0 bridgehead atoms. The summed E-state index contributed by atoms with van der Waals surface area (Å²) in [5.74, 6) is -1.74. The Labute approximate surface area is 210 Å². The molecule has 0 saturated carbocycles. The Balaban J connectivity index is 0.00000121. The van der Waals surface area contributed by atoms with Gasteiger partial charge in [-0.3, -0.25) is 4.79 Å². The van der Waals surface area contributed by atoms with E-state index in [0.29, 0.717) is 17.3 Å². The first kappa shape index (κ1) is 27.2. The van der Waals surface area contributed by atoms with E-state index >= 15 is 0 Å². The standard InChI is InChI=1S/C23H15F5N4OS.CH2O2/c1-12-7-15(5-6-21(12)33)31-32-19-9-16(17(24)10-18(19)25)20-11-34-22(30-20)29-14-4-2-3-13(8-14)23(26,27)28;2-1-3/h2-11,33H,1H3,(H,29,30);1H,(H,2,3). The minimum Gasteiger partial charge on any atom is -0.508 e. The van der Waals surface area contributed by atoms with Crippen LogP contribution < -0.4 is 5.32 Å². The average molecular weight is 536 g/mol. The van der Waals surface area contributed by atoms with Crippen molar-refractivity contribution < 1.29 is 37.0 Å². The Hall–Kier alpha value is -4.39. The molecule has 13 heteroatoms. The predicted octanol–water partition coefficient (Wildman–Crippen LogP) is 7.98. The number of nitrogens with one attached hydrogen (secondary N) is 1. The molecule has 0 aliphatic carbocycles. The van der Waals surface area contributed by atoms with Crippen LogP contribution in [-0.4, -0.2) is 21.7 Å². The van der Waals surface area contributed by atoms with Crippen molar-refractivity contribution in [3.63, 3.8) is 0 Å². The molecule has 0 spiro atoms. The van der Waals surface area contributed by atoms with Gasteiger partial charge in [-0.1, -0.05) is 6.07 Å². The number of nitrogens with zero attached hydrogens (tertiary/aromatic N) is 3. The van der Waals surface area contributed by atoms with E-state index in [1.54, 1.807) is 13.0 Å². The smallest absolute Gasteiger partial charge is 0.416 e. The summed E-state index contributed by atoms with van der Waals surface area (Å²) in [6.45, 7) is 1.41. The summed E-state index contributed by atoms with van der Waals surface area (Å²) in [4.78, 5) is 12.6. The molecular formula is C24H17F5N4O3S. The molecule has 1 heterocycles. The SMILES string of the molecule is Cc1cc(N=Nc2cc(-c3csc(Nc4cccc(C(F)(F)F)c4)n3)c(F)cc2F)ccc1O.O=CO. The molecule has 0 fully saturated rings. The van der Waals surface area contributed by atoms with Gasteiger partial charge in [0.2, 0.25) is 0 Å². The van der Waals surface area contributed by atoms with E-state index < -0.39 is 23.4 Å². The first-order valence-corrected chi connectivity index (χ1v) is 11.1. The molecular weight excluding hydrogens is 519 g/mol. The van der Waals surface area contributed by atoms with Crippen molar-refractivity contribution in [3.05, 3.63) is 82.7 Å². The third kappa shape index (κ3) is 7.07. The monoisotopic (exact) mass is 536 g/mol. The van der Waals surface area contributed by atoms with Gasteiger partial charge in [0.15, 0.2) is 10.9 Å². The number of phenolic OH excluding ortho intramolecular Hbond substituents is 1. The third-order valence-corrected chi connectivity index (χ3v) is 5.47. The lowest BCUT2D eigenvalue weighted by Gasteiger charge is -2.09. The Bertz CT molecular complexity index is 1440. The Morgan fingerprint density at radius 2 is 1.76 bits per heavy atom. The largest absolute Gasteiger partial charge is 0.508 e. The molecule has 0 saturated heterocycles. The van der Waals surface area contributed by atoms with Gasteiger partial charge >= 0.3 is 6.18 Å². The fourth-order valence-electron chi connectivity index (χ4n) is 2.98. The lowest BCUT2D eigenvalue weighted by Crippen LogP contribution is -2.05. The molecule has 0 unspecified atom stereocenters. The topological polar surface area (TPSA) is 107 Å². The highest BCUT2D eigenvalue weighted by Gasteiger charge is 2.30. The molecule has 3 N–H and O–H groups in total. The zero-order chi connectivity index (χ0) is 27.2. The second-order valence-corrected chi connectivity index (χ2v) is 8.16. The number of anilines is 2. The van der Waals surface area contributed by atoms with Crippen molar-refractivity contribution in [2.45, 2.75) is 13.1 Å². The van der Waals surface area contributed by atoms with Crippen molar-refractivity contribution >= 4 is 40.0 Å². The maximum absolute atomic E-state index is 14.5. The highest BCUT2D eigenvalue weighted by atomic mass is 32.1. The van der Waals surface area contributed by atoms with Crippen LogP contribution >= 0.6 is 11.3 Å². The lowest BCUT2D eigenvalue weighted by molar-refractivity contribution is -0.137. The van der Waals surface area contributed by atoms with E-state index in [2.05, 4.69) is 20.5 Å². The molecule has 0 atom stereocenters. The average Bonchev–Trinajstić information content (AvgIpc) is 3.29. The highest BCUT2D eigenvalue weighted by molar-refractivity contribution is 7.14. The molecule has 37 heavy (non-hydrogen) atoms. The van der Waals surface area contributed by atoms with Crippen molar-refractivity contribution in [2.24, 2.45) is 10.2 Å². The summed E-state index contributed by atoms with van der Waals surface area (Å²) >= 11 is 1.04. The summed E-state index contributed by atoms with van der Waals surface area (Å²) in [5, 5.41) is 28.7. The van der Waals surface area contributed by atoms with Gasteiger partial charge in [0.1, 0.15) is 17.3 Å². The lowest BCUT2D eigenvalue weighted by atomic mass is 10.1. The molecule has 0 radical (unpaired) electrons. The molecule has 0 aliphatic rings. The van der Waals surface area contributed by atoms with E-state index in [1.807, 2.05) is 0 Å². The number of carbonyl (C=O) groups is 1. The molecule has 3 aromatic carbocycles. The van der Waals surface area contributed by atoms with Crippen LogP contribution in [0.4, 0.5) is 44.1 Å². The van der Waals surface area contributed by atoms with Crippen LogP contribution in [0.3, 0.4) is 0 Å². The number of halogens is 5. The molecule has 0 amide bonds. The van der Waals surface area contributed by atoms with Crippen molar-refractivity contribution in [1.82, 2.24) is 4.98 Å². The van der Waals surface area contributed by atoms with Gasteiger partial charge in [-0.15, -0.1) is 16.5 Å². The number of azo groups is 1. The minimum atomic E-state index is -4.49. The van der Waals surface area contributed by atoms with Crippen LogP contribution in [0.25, 0.3) is 11.3 Å². The van der Waals surface area contributed by atoms with Crippen LogP contribution in [0.15, 0.2) is 70.2 Å². The molecule has 4 rings (SSSR count). The number of alkyl halides is 3. The van der Waals surface area contributed by atoms with Crippen molar-refractivity contribution in [1.29, 1.82) is 0 Å². The van der Waals surface area contributed by atoms with Crippen LogP contribution in [0.1, 0.15) is 11.1 Å². The maximum Gasteiger partial charge on any atom is 0.416 e. The van der Waals surface area contributed by atoms with Gasteiger partial charge in [0, 0.05) is 22.7 Å². The molecule has 192 valence electrons. The summed E-state index contributed by atoms with van der Waals surface area (Å²) in [6, 6.07) is 10.8. The maximum atomic E-state index is 14.5. The number of aryl methyl sites for hydroxylation is 1. The van der Waals surface area contributed by atoms with Crippen molar-refractivity contribution in [2.75, 3.05) is 5.32 Å². The zero-order valence-corrected chi connectivity index (χ0v) is 19.6. The number of rotatable bonds is 5. The zero-order valence-electron chi connectivity index (χ0n) is 18.8. The number of hydrogen-bond acceptors (Lipinski definition) is 7. The van der Waals surface area contributed by atoms with E-state index in [-0.39, 0.29) is 40.0 Å². The summed E-state index contributed by atoms with van der Waals surface area (Å²) < 4.78 is 67.5. The summed E-state index contributed by atoms with van der Waals surface area (Å²) in [6.07, 6.45) is -4.49. The van der Waals surface area contributed by atoms with Crippen LogP contribution in [0.5, 0.6) is 5.75 Å². The van der Waals surface area contributed by atoms with Crippen LogP contribution in [0, 0.1) is 18.6 Å². The number of thiazole rings is 1. The third-order valence-electron chi connectivity index (χ3n) is 4.71. The van der Waals surface area contributed by atoms with E-state index in [9.17, 15) is 27.1 Å². The van der Waals surface area contributed by atoms with Gasteiger partial charge in [0.05, 0.1) is 16.9 Å². The summed E-state index contributed by atoms with van der Waals surface area (Å²) in [5.41, 5.74) is 0.121. The number of aromatic nitrogens is 1. The second kappa shape index (κ2) is 11.6. The number of benzene rings is 3. The second-order valence-electron chi connectivity index (χ2n) is 7.30. The number of phenols is 1. The molecule has 7 nitrogen and oxygen atoms in total. The van der Waals surface area contributed by atoms with E-state index in [1.165, 1.54) is 29.6 Å². The van der Waals surface area contributed by atoms with Crippen LogP contribution in [0.2, 0.25) is 0 Å². The quantitative estimate of drug-likeness (QED) is 0.136. The van der Waals surface area contributed by atoms with Gasteiger partial charge in [-0.05, 0) is 55.0 Å². The van der Waals surface area contributed by atoms with Gasteiger partial charge in [0.25, 0.3) is 6.47 Å². The first-order chi connectivity index (χ1) is 17.5. The van der Waals surface area contributed by atoms with E-state index in [4.69, 9.17) is 9.90 Å². The minimum absolute atomic E-state index is 0.0504. The first-order valence-electron chi connectivity index (χ1n) is 10.2. The van der Waals surface area contributed by atoms with Gasteiger partial charge < -0.3 is 15.5 Å². The molecule has 0 aliphatic heterocycles. The summed E-state index contributed by atoms with van der Waals surface area (Å²) in [7, 11) is 0. The predicted molar refractivity (Wildman–Crippen MR) is 128 cm³/mol. The molecule has 1 aromatic heterocycles. The molecule has 4 aromatic rings. The number of carboxylic acid groups (broad SMARTS) is 1. The highest BCUT2D eigenvalue weighted by Crippen LogP contribution is 2.35. The Morgan fingerprint density at radius 3 is 2.43 bits per heavy atom. The van der Waals surface area contributed by atoms with Gasteiger partial charge in [-0.25, -0.2) is 13.8 Å². The van der Waals surface area contributed by atoms with E-state index in [0.717, 1.165) is 29.5 Å². The van der Waals surface area contributed by atoms with Crippen molar-refractivity contribution in [3.8, 4) is 17.0 Å². The van der Waals surface area contributed by atoms with Crippen LogP contribution in [-0.2, 0) is 11.0 Å². The Morgan fingerprint density at radius 1 is 1.03 bits per heavy atom.